The topological polar surface area (TPSA) is 93.5 Å². The first-order chi connectivity index (χ1) is 5.16. The molecule has 0 bridgehead atoms. The second kappa shape index (κ2) is 5.52. The molecule has 5 heteroatoms. The number of carbonyl (C=O) groups excluding carboxylic acids is 1. The molecule has 0 rings (SSSR count). The average molecular weight is 158 g/mol. The normalized spacial score (nSPS) is 8.82. The Labute approximate surface area is 65.8 Å². The van der Waals surface area contributed by atoms with Crippen molar-refractivity contribution in [1.82, 2.24) is 5.43 Å². The number of hydrogen-bond donors (Lipinski definition) is 3. The number of rotatable bonds is 4. The molecule has 64 valence electrons. The maximum absolute atomic E-state index is 10.8. The van der Waals surface area contributed by atoms with Gasteiger partial charge in [0.1, 0.15) is 0 Å². The molecular weight excluding hydrogens is 144 g/mol. The molecule has 0 aromatic carbocycles. The van der Waals surface area contributed by atoms with E-state index < -0.39 is 0 Å². The summed E-state index contributed by atoms with van der Waals surface area (Å²) in [4.78, 5) is 10.8. The van der Waals surface area contributed by atoms with E-state index in [0.717, 1.165) is 12.8 Å². The highest BCUT2D eigenvalue weighted by molar-refractivity contribution is 5.80. The van der Waals surface area contributed by atoms with Crippen molar-refractivity contribution in [2.24, 2.45) is 16.6 Å². The summed E-state index contributed by atoms with van der Waals surface area (Å²) in [6.45, 7) is 2.01. The third-order valence-electron chi connectivity index (χ3n) is 1.07. The molecule has 5 nitrogen and oxygen atoms in total. The fourth-order valence-electron chi connectivity index (χ4n) is 0.520. The SMILES string of the molecule is CCCCC(=O)NN=C(N)N. The van der Waals surface area contributed by atoms with Crippen molar-refractivity contribution >= 4 is 11.9 Å². The highest BCUT2D eigenvalue weighted by atomic mass is 16.2. The fraction of sp³-hybridized carbons (Fsp3) is 0.667. The summed E-state index contributed by atoms with van der Waals surface area (Å²) in [5.74, 6) is -0.282. The number of nitrogens with zero attached hydrogens (tertiary/aromatic N) is 1. The smallest absolute Gasteiger partial charge is 0.240 e. The summed E-state index contributed by atoms with van der Waals surface area (Å²) >= 11 is 0. The van der Waals surface area contributed by atoms with Crippen molar-refractivity contribution in [1.29, 1.82) is 0 Å². The molecule has 0 unspecified atom stereocenters. The standard InChI is InChI=1S/C6H14N4O/c1-2-3-4-5(11)9-10-6(7)8/h2-4H2,1H3,(H,9,11)(H4,7,8,10). The Balaban J connectivity index is 3.45. The predicted octanol–water partition coefficient (Wildman–Crippen LogP) is -0.519. The lowest BCUT2D eigenvalue weighted by Gasteiger charge is -1.97. The van der Waals surface area contributed by atoms with Crippen LogP contribution in [0.15, 0.2) is 5.10 Å². The monoisotopic (exact) mass is 158 g/mol. The van der Waals surface area contributed by atoms with Crippen molar-refractivity contribution < 1.29 is 4.79 Å². The molecule has 0 aliphatic rings. The molecular formula is C6H14N4O. The van der Waals surface area contributed by atoms with Gasteiger partial charge in [-0.05, 0) is 6.42 Å². The van der Waals surface area contributed by atoms with E-state index in [4.69, 9.17) is 11.5 Å². The van der Waals surface area contributed by atoms with Crippen LogP contribution in [0, 0.1) is 0 Å². The molecule has 0 heterocycles. The summed E-state index contributed by atoms with van der Waals surface area (Å²) < 4.78 is 0. The third-order valence-corrected chi connectivity index (χ3v) is 1.07. The Morgan fingerprint density at radius 2 is 2.18 bits per heavy atom. The van der Waals surface area contributed by atoms with Gasteiger partial charge in [0.25, 0.3) is 0 Å². The first-order valence-corrected chi connectivity index (χ1v) is 3.54. The van der Waals surface area contributed by atoms with Crippen molar-refractivity contribution in [3.05, 3.63) is 0 Å². The van der Waals surface area contributed by atoms with Crippen LogP contribution >= 0.6 is 0 Å². The summed E-state index contributed by atoms with van der Waals surface area (Å²) in [5, 5.41) is 3.35. The zero-order chi connectivity index (χ0) is 8.69. The Kier molecular flexibility index (Phi) is 4.89. The van der Waals surface area contributed by atoms with E-state index in [-0.39, 0.29) is 11.9 Å². The first kappa shape index (κ1) is 9.74. The Hall–Kier alpha value is -1.26. The fourth-order valence-corrected chi connectivity index (χ4v) is 0.520. The number of nitrogens with two attached hydrogens (primary N) is 2. The van der Waals surface area contributed by atoms with Crippen LogP contribution < -0.4 is 16.9 Å². The van der Waals surface area contributed by atoms with Crippen LogP contribution in [0.2, 0.25) is 0 Å². The molecule has 11 heavy (non-hydrogen) atoms. The van der Waals surface area contributed by atoms with Crippen LogP contribution in [-0.4, -0.2) is 11.9 Å². The minimum Gasteiger partial charge on any atom is -0.369 e. The van der Waals surface area contributed by atoms with Crippen LogP contribution in [0.4, 0.5) is 0 Å². The highest BCUT2D eigenvalue weighted by Gasteiger charge is 1.96. The van der Waals surface area contributed by atoms with Gasteiger partial charge in [0, 0.05) is 6.42 Å². The van der Waals surface area contributed by atoms with Crippen LogP contribution in [0.5, 0.6) is 0 Å². The quantitative estimate of drug-likeness (QED) is 0.292. The minimum atomic E-state index is -0.153. The van der Waals surface area contributed by atoms with Gasteiger partial charge in [-0.15, -0.1) is 5.10 Å². The van der Waals surface area contributed by atoms with Crippen LogP contribution in [0.1, 0.15) is 26.2 Å². The number of hydrazone groups is 1. The van der Waals surface area contributed by atoms with E-state index in [1.807, 2.05) is 6.92 Å². The van der Waals surface area contributed by atoms with Gasteiger partial charge in [0.05, 0.1) is 0 Å². The molecule has 0 fully saturated rings. The predicted molar refractivity (Wildman–Crippen MR) is 43.5 cm³/mol. The van der Waals surface area contributed by atoms with E-state index in [1.165, 1.54) is 0 Å². The van der Waals surface area contributed by atoms with Gasteiger partial charge in [-0.1, -0.05) is 13.3 Å². The van der Waals surface area contributed by atoms with Gasteiger partial charge in [-0.3, -0.25) is 4.79 Å². The van der Waals surface area contributed by atoms with E-state index in [1.54, 1.807) is 0 Å². The number of carbonyl (C=O) groups is 1. The highest BCUT2D eigenvalue weighted by Crippen LogP contribution is 1.92. The number of amides is 1. The minimum absolute atomic E-state index is 0.130. The van der Waals surface area contributed by atoms with Crippen molar-refractivity contribution in [2.75, 3.05) is 0 Å². The van der Waals surface area contributed by atoms with Gasteiger partial charge in [-0.25, -0.2) is 5.43 Å². The van der Waals surface area contributed by atoms with Gasteiger partial charge < -0.3 is 11.5 Å². The number of unbranched alkanes of at least 4 members (excludes halogenated alkanes) is 1. The number of guanidine groups is 1. The number of nitrogens with one attached hydrogen (secondary N) is 1. The summed E-state index contributed by atoms with van der Waals surface area (Å²) in [5.41, 5.74) is 12.2. The molecule has 0 radical (unpaired) electrons. The molecule has 5 N–H and O–H groups in total. The van der Waals surface area contributed by atoms with Crippen LogP contribution in [-0.2, 0) is 4.79 Å². The lowest BCUT2D eigenvalue weighted by molar-refractivity contribution is -0.121. The summed E-state index contributed by atoms with van der Waals surface area (Å²) in [6.07, 6.45) is 2.30. The van der Waals surface area contributed by atoms with Gasteiger partial charge in [-0.2, -0.15) is 0 Å². The molecule has 1 amide bonds. The third kappa shape index (κ3) is 6.63. The largest absolute Gasteiger partial charge is 0.369 e. The van der Waals surface area contributed by atoms with Crippen molar-refractivity contribution in [3.63, 3.8) is 0 Å². The zero-order valence-corrected chi connectivity index (χ0v) is 6.63. The lowest BCUT2D eigenvalue weighted by Crippen LogP contribution is -2.28. The second-order valence-electron chi connectivity index (χ2n) is 2.18. The average Bonchev–Trinajstić information content (AvgIpc) is 1.97. The molecule has 0 aromatic heterocycles. The maximum atomic E-state index is 10.8. The first-order valence-electron chi connectivity index (χ1n) is 3.54. The van der Waals surface area contributed by atoms with Gasteiger partial charge in [0.2, 0.25) is 11.9 Å². The lowest BCUT2D eigenvalue weighted by atomic mass is 10.2. The van der Waals surface area contributed by atoms with Gasteiger partial charge >= 0.3 is 0 Å². The summed E-state index contributed by atoms with van der Waals surface area (Å²) in [7, 11) is 0. The van der Waals surface area contributed by atoms with E-state index in [2.05, 4.69) is 10.5 Å². The van der Waals surface area contributed by atoms with E-state index in [9.17, 15) is 4.79 Å². The Bertz CT molecular complexity index is 151. The molecule has 0 saturated heterocycles. The second-order valence-corrected chi connectivity index (χ2v) is 2.18. The van der Waals surface area contributed by atoms with Crippen molar-refractivity contribution in [2.45, 2.75) is 26.2 Å². The molecule has 0 aromatic rings. The van der Waals surface area contributed by atoms with Crippen molar-refractivity contribution in [3.8, 4) is 0 Å². The van der Waals surface area contributed by atoms with Crippen LogP contribution in [0.3, 0.4) is 0 Å². The molecule has 0 aliphatic heterocycles. The number of hydrogen-bond acceptors (Lipinski definition) is 2. The summed E-state index contributed by atoms with van der Waals surface area (Å²) in [6, 6.07) is 0. The molecule has 0 spiro atoms. The Morgan fingerprint density at radius 3 is 2.64 bits per heavy atom. The van der Waals surface area contributed by atoms with E-state index >= 15 is 0 Å². The maximum Gasteiger partial charge on any atom is 0.240 e. The van der Waals surface area contributed by atoms with Crippen LogP contribution in [0.25, 0.3) is 0 Å². The molecule has 0 aliphatic carbocycles. The Morgan fingerprint density at radius 1 is 1.55 bits per heavy atom. The zero-order valence-electron chi connectivity index (χ0n) is 6.63. The van der Waals surface area contributed by atoms with E-state index in [0.29, 0.717) is 6.42 Å². The van der Waals surface area contributed by atoms with Gasteiger partial charge in [0.15, 0.2) is 0 Å². The molecule has 0 saturated carbocycles. The molecule has 0 atom stereocenters.